The molecule has 0 fully saturated rings. The van der Waals surface area contributed by atoms with Crippen molar-refractivity contribution in [2.75, 3.05) is 32.1 Å². The molecule has 2 aromatic heterocycles. The summed E-state index contributed by atoms with van der Waals surface area (Å²) in [6.07, 6.45) is 0. The van der Waals surface area contributed by atoms with Crippen LogP contribution in [0.2, 0.25) is 0 Å². The molecule has 0 saturated heterocycles. The molecule has 11 heteroatoms. The van der Waals surface area contributed by atoms with Crippen molar-refractivity contribution >= 4 is 29.2 Å². The molecule has 1 N–H and O–H groups in total. The second-order valence-electron chi connectivity index (χ2n) is 7.61. The first-order chi connectivity index (χ1) is 15.3. The molecule has 9 nitrogen and oxygen atoms in total. The topological polar surface area (TPSA) is 96.2 Å². The molecule has 3 aromatic rings. The van der Waals surface area contributed by atoms with E-state index in [1.54, 1.807) is 19.0 Å². The molecule has 0 bridgehead atoms. The van der Waals surface area contributed by atoms with Gasteiger partial charge < -0.3 is 14.8 Å². The van der Waals surface area contributed by atoms with E-state index in [1.807, 2.05) is 18.4 Å². The number of carbonyl (C=O) groups is 2. The summed E-state index contributed by atoms with van der Waals surface area (Å²) in [6.45, 7) is 4.81. The van der Waals surface area contributed by atoms with Crippen LogP contribution >= 0.6 is 11.5 Å². The standard InChI is InChI=1S/C21H24FN7O2S/c1-12-17-18(27(4)16(30)11-23-3)25-19(20-24-13(2)26-32-20)29(17)10-9-28(12)21(31)14-5-7-15(22)8-6-14/h5-8,12,23H,9-11H2,1-4H3/t12-/m1/s1. The smallest absolute Gasteiger partial charge is 0.254 e. The van der Waals surface area contributed by atoms with Gasteiger partial charge in [0.25, 0.3) is 5.91 Å². The minimum absolute atomic E-state index is 0.150. The molecule has 0 aliphatic carbocycles. The first kappa shape index (κ1) is 22.0. The summed E-state index contributed by atoms with van der Waals surface area (Å²) < 4.78 is 19.6. The lowest BCUT2D eigenvalue weighted by Crippen LogP contribution is -2.42. The zero-order valence-corrected chi connectivity index (χ0v) is 19.1. The molecule has 0 spiro atoms. The lowest BCUT2D eigenvalue weighted by Gasteiger charge is -2.36. The Morgan fingerprint density at radius 1 is 1.25 bits per heavy atom. The third-order valence-corrected chi connectivity index (χ3v) is 6.31. The lowest BCUT2D eigenvalue weighted by atomic mass is 10.1. The molecule has 1 atom stereocenters. The summed E-state index contributed by atoms with van der Waals surface area (Å²) in [6, 6.07) is 5.15. The molecule has 1 aromatic carbocycles. The number of likely N-dealkylation sites (N-methyl/N-ethyl adjacent to an activating group) is 2. The number of aryl methyl sites for hydroxylation is 1. The van der Waals surface area contributed by atoms with Gasteiger partial charge in [-0.05, 0) is 56.7 Å². The van der Waals surface area contributed by atoms with E-state index in [1.165, 1.54) is 40.7 Å². The van der Waals surface area contributed by atoms with Gasteiger partial charge in [-0.25, -0.2) is 14.4 Å². The second-order valence-corrected chi connectivity index (χ2v) is 8.36. The number of anilines is 1. The van der Waals surface area contributed by atoms with Crippen LogP contribution in [0.5, 0.6) is 0 Å². The summed E-state index contributed by atoms with van der Waals surface area (Å²) in [4.78, 5) is 38.3. The van der Waals surface area contributed by atoms with Crippen molar-refractivity contribution in [2.45, 2.75) is 26.4 Å². The highest BCUT2D eigenvalue weighted by Gasteiger charge is 2.36. The van der Waals surface area contributed by atoms with Crippen molar-refractivity contribution in [3.8, 4) is 10.8 Å². The van der Waals surface area contributed by atoms with Gasteiger partial charge >= 0.3 is 0 Å². The average Bonchev–Trinajstić information content (AvgIpc) is 3.37. The van der Waals surface area contributed by atoms with Crippen molar-refractivity contribution in [1.82, 2.24) is 29.1 Å². The normalized spacial score (nSPS) is 15.5. The molecule has 3 heterocycles. The molecule has 32 heavy (non-hydrogen) atoms. The van der Waals surface area contributed by atoms with E-state index >= 15 is 0 Å². The van der Waals surface area contributed by atoms with Crippen molar-refractivity contribution in [3.63, 3.8) is 0 Å². The largest absolute Gasteiger partial charge is 0.328 e. The van der Waals surface area contributed by atoms with Crippen LogP contribution in [-0.2, 0) is 11.3 Å². The number of rotatable bonds is 5. The molecule has 0 unspecified atom stereocenters. The zero-order valence-electron chi connectivity index (χ0n) is 18.3. The SMILES string of the molecule is CNCC(=O)N(C)c1nc(-c2nc(C)ns2)n2c1[C@@H](C)N(C(=O)c1ccc(F)cc1)CC2. The number of benzene rings is 1. The number of carbonyl (C=O) groups excluding carboxylic acids is 2. The van der Waals surface area contributed by atoms with Crippen LogP contribution in [0.1, 0.15) is 34.8 Å². The zero-order chi connectivity index (χ0) is 23.0. The third kappa shape index (κ3) is 3.89. The average molecular weight is 458 g/mol. The van der Waals surface area contributed by atoms with E-state index in [2.05, 4.69) is 14.7 Å². The summed E-state index contributed by atoms with van der Waals surface area (Å²) >= 11 is 1.25. The van der Waals surface area contributed by atoms with Gasteiger partial charge in [-0.2, -0.15) is 4.37 Å². The Bertz CT molecular complexity index is 1160. The van der Waals surface area contributed by atoms with E-state index in [4.69, 9.17) is 4.98 Å². The fourth-order valence-electron chi connectivity index (χ4n) is 3.86. The Labute approximate surface area is 189 Å². The van der Waals surface area contributed by atoms with Gasteiger partial charge in [0, 0.05) is 25.7 Å². The van der Waals surface area contributed by atoms with Crippen LogP contribution < -0.4 is 10.2 Å². The third-order valence-electron chi connectivity index (χ3n) is 5.51. The monoisotopic (exact) mass is 457 g/mol. The quantitative estimate of drug-likeness (QED) is 0.631. The Hall–Kier alpha value is -3.18. The summed E-state index contributed by atoms with van der Waals surface area (Å²) in [5, 5.41) is 3.53. The Morgan fingerprint density at radius 3 is 2.59 bits per heavy atom. The molecule has 1 aliphatic heterocycles. The van der Waals surface area contributed by atoms with E-state index in [0.29, 0.717) is 41.1 Å². The van der Waals surface area contributed by atoms with Gasteiger partial charge in [0.15, 0.2) is 16.6 Å². The number of halogens is 1. The van der Waals surface area contributed by atoms with E-state index in [-0.39, 0.29) is 24.4 Å². The lowest BCUT2D eigenvalue weighted by molar-refractivity contribution is -0.117. The van der Waals surface area contributed by atoms with Gasteiger partial charge in [-0.15, -0.1) is 0 Å². The predicted octanol–water partition coefficient (Wildman–Crippen LogP) is 2.25. The summed E-state index contributed by atoms with van der Waals surface area (Å²) in [5.41, 5.74) is 1.16. The van der Waals surface area contributed by atoms with Gasteiger partial charge in [0.1, 0.15) is 11.6 Å². The highest BCUT2D eigenvalue weighted by Crippen LogP contribution is 2.38. The highest BCUT2D eigenvalue weighted by molar-refractivity contribution is 7.09. The van der Waals surface area contributed by atoms with Crippen molar-refractivity contribution in [3.05, 3.63) is 47.2 Å². The Kier molecular flexibility index (Phi) is 6.02. The van der Waals surface area contributed by atoms with Crippen LogP contribution in [0.3, 0.4) is 0 Å². The molecule has 4 rings (SSSR count). The van der Waals surface area contributed by atoms with Gasteiger partial charge in [0.05, 0.1) is 18.3 Å². The van der Waals surface area contributed by atoms with E-state index in [0.717, 1.165) is 5.69 Å². The Morgan fingerprint density at radius 2 is 1.97 bits per heavy atom. The van der Waals surface area contributed by atoms with Gasteiger partial charge in [-0.3, -0.25) is 14.5 Å². The minimum Gasteiger partial charge on any atom is -0.328 e. The number of amides is 2. The number of fused-ring (bicyclic) bond motifs is 1. The summed E-state index contributed by atoms with van der Waals surface area (Å²) in [5.74, 6) is 1.02. The van der Waals surface area contributed by atoms with Crippen LogP contribution in [-0.4, -0.2) is 62.8 Å². The van der Waals surface area contributed by atoms with Gasteiger partial charge in [0.2, 0.25) is 5.91 Å². The second kappa shape index (κ2) is 8.75. The van der Waals surface area contributed by atoms with E-state index < -0.39 is 5.82 Å². The number of hydrogen-bond donors (Lipinski definition) is 1. The molecular weight excluding hydrogens is 433 g/mol. The first-order valence-electron chi connectivity index (χ1n) is 10.2. The maximum Gasteiger partial charge on any atom is 0.254 e. The molecule has 0 radical (unpaired) electrons. The molecular formula is C21H24FN7O2S. The Balaban J connectivity index is 1.77. The predicted molar refractivity (Wildman–Crippen MR) is 119 cm³/mol. The minimum atomic E-state index is -0.393. The molecule has 168 valence electrons. The fraction of sp³-hybridized carbons (Fsp3) is 0.381. The van der Waals surface area contributed by atoms with Crippen LogP contribution in [0.4, 0.5) is 10.2 Å². The van der Waals surface area contributed by atoms with Crippen LogP contribution in [0.15, 0.2) is 24.3 Å². The maximum absolute atomic E-state index is 13.3. The molecule has 1 aliphatic rings. The van der Waals surface area contributed by atoms with Crippen molar-refractivity contribution in [2.24, 2.45) is 0 Å². The number of aromatic nitrogens is 4. The maximum atomic E-state index is 13.3. The first-order valence-corrected chi connectivity index (χ1v) is 11.0. The fourth-order valence-corrected chi connectivity index (χ4v) is 4.53. The van der Waals surface area contributed by atoms with Crippen molar-refractivity contribution in [1.29, 1.82) is 0 Å². The van der Waals surface area contributed by atoms with Crippen molar-refractivity contribution < 1.29 is 14.0 Å². The summed E-state index contributed by atoms with van der Waals surface area (Å²) in [7, 11) is 3.38. The van der Waals surface area contributed by atoms with E-state index in [9.17, 15) is 14.0 Å². The number of nitrogens with one attached hydrogen (secondary N) is 1. The highest BCUT2D eigenvalue weighted by atomic mass is 32.1. The van der Waals surface area contributed by atoms with Gasteiger partial charge in [-0.1, -0.05) is 0 Å². The van der Waals surface area contributed by atoms with Crippen LogP contribution in [0.25, 0.3) is 10.8 Å². The number of imidazole rings is 1. The number of hydrogen-bond acceptors (Lipinski definition) is 7. The molecule has 0 saturated carbocycles. The molecule has 2 amide bonds. The van der Waals surface area contributed by atoms with Crippen LogP contribution in [0, 0.1) is 12.7 Å². The number of nitrogens with zero attached hydrogens (tertiary/aromatic N) is 6.